The number of carbonyl (C=O) groups is 1. The molecule has 0 saturated carbocycles. The second kappa shape index (κ2) is 8.75. The first kappa shape index (κ1) is 19.0. The Kier molecular flexibility index (Phi) is 6.16. The number of nitrogens with one attached hydrogen (secondary N) is 1. The van der Waals surface area contributed by atoms with Crippen LogP contribution in [0.15, 0.2) is 42.5 Å². The Morgan fingerprint density at radius 2 is 2.04 bits per heavy atom. The lowest BCUT2D eigenvalue weighted by Gasteiger charge is -2.27. The van der Waals surface area contributed by atoms with E-state index in [9.17, 15) is 9.90 Å². The minimum absolute atomic E-state index is 0.145. The first-order valence-corrected chi connectivity index (χ1v) is 8.66. The number of ether oxygens (including phenoxy) is 4. The van der Waals surface area contributed by atoms with Crippen LogP contribution in [0.3, 0.4) is 0 Å². The number of aliphatic hydroxyl groups is 1. The van der Waals surface area contributed by atoms with Crippen molar-refractivity contribution in [2.75, 3.05) is 33.9 Å². The SMILES string of the molecule is COC(=O)c1cc(C(O)CNCC2COc3ccccc3O2)ccc1OC. The molecule has 2 unspecified atom stereocenters. The van der Waals surface area contributed by atoms with E-state index in [4.69, 9.17) is 18.9 Å². The Hall–Kier alpha value is -2.77. The molecule has 1 aliphatic rings. The Balaban J connectivity index is 1.55. The van der Waals surface area contributed by atoms with Gasteiger partial charge in [0.05, 0.1) is 20.3 Å². The van der Waals surface area contributed by atoms with Crippen molar-refractivity contribution in [1.29, 1.82) is 0 Å². The van der Waals surface area contributed by atoms with Gasteiger partial charge in [0.25, 0.3) is 0 Å². The van der Waals surface area contributed by atoms with E-state index in [0.717, 1.165) is 5.75 Å². The zero-order valence-electron chi connectivity index (χ0n) is 15.3. The summed E-state index contributed by atoms with van der Waals surface area (Å²) >= 11 is 0. The van der Waals surface area contributed by atoms with Gasteiger partial charge in [-0.3, -0.25) is 0 Å². The van der Waals surface area contributed by atoms with Crippen LogP contribution in [0.25, 0.3) is 0 Å². The monoisotopic (exact) mass is 373 g/mol. The zero-order chi connectivity index (χ0) is 19.2. The lowest BCUT2D eigenvalue weighted by molar-refractivity contribution is 0.0596. The number of benzene rings is 2. The lowest BCUT2D eigenvalue weighted by Crippen LogP contribution is -2.39. The Morgan fingerprint density at radius 3 is 2.78 bits per heavy atom. The molecule has 2 atom stereocenters. The largest absolute Gasteiger partial charge is 0.496 e. The van der Waals surface area contributed by atoms with Crippen LogP contribution in [0.1, 0.15) is 22.0 Å². The van der Waals surface area contributed by atoms with Gasteiger partial charge in [-0.05, 0) is 29.8 Å². The zero-order valence-corrected chi connectivity index (χ0v) is 15.3. The summed E-state index contributed by atoms with van der Waals surface area (Å²) in [5.41, 5.74) is 0.868. The average Bonchev–Trinajstić information content (AvgIpc) is 2.72. The average molecular weight is 373 g/mol. The minimum atomic E-state index is -0.795. The third-order valence-electron chi connectivity index (χ3n) is 4.29. The van der Waals surface area contributed by atoms with Crippen LogP contribution in [-0.4, -0.2) is 51.1 Å². The highest BCUT2D eigenvalue weighted by Crippen LogP contribution is 2.30. The quantitative estimate of drug-likeness (QED) is 0.718. The molecule has 1 aliphatic heterocycles. The van der Waals surface area contributed by atoms with Crippen LogP contribution in [0, 0.1) is 0 Å². The van der Waals surface area contributed by atoms with Gasteiger partial charge in [0, 0.05) is 13.1 Å². The van der Waals surface area contributed by atoms with Crippen molar-refractivity contribution in [3.8, 4) is 17.2 Å². The molecular weight excluding hydrogens is 350 g/mol. The summed E-state index contributed by atoms with van der Waals surface area (Å²) in [6, 6.07) is 12.5. The molecule has 2 aromatic rings. The number of carbonyl (C=O) groups excluding carboxylic acids is 1. The van der Waals surface area contributed by atoms with Gasteiger partial charge >= 0.3 is 5.97 Å². The van der Waals surface area contributed by atoms with Crippen LogP contribution < -0.4 is 19.5 Å². The molecule has 0 aliphatic carbocycles. The van der Waals surface area contributed by atoms with Crippen LogP contribution >= 0.6 is 0 Å². The number of rotatable bonds is 7. The fourth-order valence-corrected chi connectivity index (χ4v) is 2.86. The number of hydrogen-bond acceptors (Lipinski definition) is 7. The second-order valence-electron chi connectivity index (χ2n) is 6.12. The molecule has 2 aromatic carbocycles. The number of fused-ring (bicyclic) bond motifs is 1. The molecule has 0 amide bonds. The summed E-state index contributed by atoms with van der Waals surface area (Å²) in [6.45, 7) is 1.26. The minimum Gasteiger partial charge on any atom is -0.496 e. The maximum absolute atomic E-state index is 11.9. The van der Waals surface area contributed by atoms with Gasteiger partial charge in [-0.15, -0.1) is 0 Å². The van der Waals surface area contributed by atoms with Crippen LogP contribution in [0.2, 0.25) is 0 Å². The van der Waals surface area contributed by atoms with E-state index >= 15 is 0 Å². The van der Waals surface area contributed by atoms with Crippen LogP contribution in [-0.2, 0) is 4.74 Å². The van der Waals surface area contributed by atoms with Gasteiger partial charge in [0.2, 0.25) is 0 Å². The summed E-state index contributed by atoms with van der Waals surface area (Å²) in [7, 11) is 2.78. The summed E-state index contributed by atoms with van der Waals surface area (Å²) < 4.78 is 21.5. The Labute approximate surface area is 157 Å². The molecule has 0 bridgehead atoms. The molecular formula is C20H23NO6. The second-order valence-corrected chi connectivity index (χ2v) is 6.12. The van der Waals surface area contributed by atoms with Crippen LogP contribution in [0.4, 0.5) is 0 Å². The summed E-state index contributed by atoms with van der Waals surface area (Å²) in [5, 5.41) is 13.6. The smallest absolute Gasteiger partial charge is 0.341 e. The summed E-state index contributed by atoms with van der Waals surface area (Å²) in [6.07, 6.45) is -0.940. The topological polar surface area (TPSA) is 86.3 Å². The van der Waals surface area contributed by atoms with Crippen molar-refractivity contribution in [2.45, 2.75) is 12.2 Å². The molecule has 27 heavy (non-hydrogen) atoms. The number of esters is 1. The molecule has 2 N–H and O–H groups in total. The van der Waals surface area contributed by atoms with E-state index in [-0.39, 0.29) is 11.7 Å². The molecule has 7 nitrogen and oxygen atoms in total. The Morgan fingerprint density at radius 1 is 1.26 bits per heavy atom. The van der Waals surface area contributed by atoms with Gasteiger partial charge in [-0.25, -0.2) is 4.79 Å². The van der Waals surface area contributed by atoms with Crippen molar-refractivity contribution in [1.82, 2.24) is 5.32 Å². The molecule has 3 rings (SSSR count). The molecule has 0 radical (unpaired) electrons. The highest BCUT2D eigenvalue weighted by Gasteiger charge is 2.21. The molecule has 0 spiro atoms. The molecule has 1 heterocycles. The fourth-order valence-electron chi connectivity index (χ4n) is 2.86. The van der Waals surface area contributed by atoms with Gasteiger partial charge < -0.3 is 29.4 Å². The predicted molar refractivity (Wildman–Crippen MR) is 98.5 cm³/mol. The normalized spacial score (nSPS) is 16.5. The van der Waals surface area contributed by atoms with Gasteiger partial charge in [0.15, 0.2) is 11.5 Å². The first-order chi connectivity index (χ1) is 13.1. The Bertz CT molecular complexity index is 794. The van der Waals surface area contributed by atoms with E-state index in [1.54, 1.807) is 18.2 Å². The van der Waals surface area contributed by atoms with Gasteiger partial charge in [0.1, 0.15) is 24.0 Å². The molecule has 0 aromatic heterocycles. The van der Waals surface area contributed by atoms with Crippen molar-refractivity contribution in [3.63, 3.8) is 0 Å². The van der Waals surface area contributed by atoms with Crippen molar-refractivity contribution in [3.05, 3.63) is 53.6 Å². The highest BCUT2D eigenvalue weighted by molar-refractivity contribution is 5.92. The van der Waals surface area contributed by atoms with E-state index in [2.05, 4.69) is 5.32 Å². The van der Waals surface area contributed by atoms with Crippen molar-refractivity contribution < 1.29 is 28.8 Å². The lowest BCUT2D eigenvalue weighted by atomic mass is 10.0. The molecule has 7 heteroatoms. The first-order valence-electron chi connectivity index (χ1n) is 8.66. The summed E-state index contributed by atoms with van der Waals surface area (Å²) in [5.74, 6) is 1.34. The van der Waals surface area contributed by atoms with Crippen LogP contribution in [0.5, 0.6) is 17.2 Å². The molecule has 0 fully saturated rings. The third-order valence-corrected chi connectivity index (χ3v) is 4.29. The molecule has 0 saturated heterocycles. The van der Waals surface area contributed by atoms with E-state index in [1.807, 2.05) is 24.3 Å². The van der Waals surface area contributed by atoms with Crippen molar-refractivity contribution in [2.24, 2.45) is 0 Å². The number of methoxy groups -OCH3 is 2. The standard InChI is InChI=1S/C20H23NO6/c1-24-17-8-7-13(9-15(17)20(23)25-2)16(22)11-21-10-14-12-26-18-5-3-4-6-19(18)27-14/h3-9,14,16,21-22H,10-12H2,1-2H3. The van der Waals surface area contributed by atoms with E-state index in [1.165, 1.54) is 14.2 Å². The maximum atomic E-state index is 11.9. The summed E-state index contributed by atoms with van der Waals surface area (Å²) in [4.78, 5) is 11.9. The third kappa shape index (κ3) is 4.50. The number of para-hydroxylation sites is 2. The molecule has 144 valence electrons. The van der Waals surface area contributed by atoms with Crippen molar-refractivity contribution >= 4 is 5.97 Å². The maximum Gasteiger partial charge on any atom is 0.341 e. The van der Waals surface area contributed by atoms with E-state index in [0.29, 0.717) is 36.8 Å². The highest BCUT2D eigenvalue weighted by atomic mass is 16.6. The van der Waals surface area contributed by atoms with E-state index < -0.39 is 12.1 Å². The number of aliphatic hydroxyl groups excluding tert-OH is 1. The van der Waals surface area contributed by atoms with Gasteiger partial charge in [-0.2, -0.15) is 0 Å². The fraction of sp³-hybridized carbons (Fsp3) is 0.350. The van der Waals surface area contributed by atoms with Gasteiger partial charge in [-0.1, -0.05) is 18.2 Å². The number of hydrogen-bond donors (Lipinski definition) is 2. The predicted octanol–water partition coefficient (Wildman–Crippen LogP) is 1.94.